The summed E-state index contributed by atoms with van der Waals surface area (Å²) in [5.74, 6) is 2.74. The van der Waals surface area contributed by atoms with E-state index in [0.29, 0.717) is 6.54 Å². The van der Waals surface area contributed by atoms with Crippen molar-refractivity contribution in [2.75, 3.05) is 45.2 Å². The molecule has 6 heteroatoms. The van der Waals surface area contributed by atoms with Crippen molar-refractivity contribution in [2.24, 2.45) is 4.99 Å². The van der Waals surface area contributed by atoms with Gasteiger partial charge in [-0.25, -0.2) is 0 Å². The Labute approximate surface area is 142 Å². The number of nitrogens with zero attached hydrogens (tertiary/aromatic N) is 3. The smallest absolute Gasteiger partial charge is 0.194 e. The number of hydrogen-bond donors (Lipinski definition) is 1. The normalized spacial score (nSPS) is 15.5. The minimum Gasteiger partial charge on any atom is -0.495 e. The molecule has 0 radical (unpaired) electrons. The number of benzene rings is 1. The van der Waals surface area contributed by atoms with Crippen LogP contribution in [0.3, 0.4) is 0 Å². The quantitative estimate of drug-likeness (QED) is 0.689. The van der Waals surface area contributed by atoms with Crippen molar-refractivity contribution in [1.29, 1.82) is 0 Å². The van der Waals surface area contributed by atoms with Crippen molar-refractivity contribution in [3.8, 4) is 5.75 Å². The van der Waals surface area contributed by atoms with E-state index in [1.54, 1.807) is 13.4 Å². The van der Waals surface area contributed by atoms with Gasteiger partial charge in [0.25, 0.3) is 0 Å². The lowest BCUT2D eigenvalue weighted by molar-refractivity contribution is 0.365. The predicted octanol–water partition coefficient (Wildman–Crippen LogP) is 2.19. The van der Waals surface area contributed by atoms with Gasteiger partial charge in [0.2, 0.25) is 0 Å². The highest BCUT2D eigenvalue weighted by molar-refractivity contribution is 5.80. The van der Waals surface area contributed by atoms with Gasteiger partial charge < -0.3 is 24.3 Å². The van der Waals surface area contributed by atoms with Crippen LogP contribution in [-0.4, -0.2) is 51.2 Å². The third-order valence-corrected chi connectivity index (χ3v) is 4.22. The second-order valence-electron chi connectivity index (χ2n) is 5.63. The van der Waals surface area contributed by atoms with E-state index in [1.807, 2.05) is 37.4 Å². The second kappa shape index (κ2) is 7.77. The largest absolute Gasteiger partial charge is 0.495 e. The first-order valence-corrected chi connectivity index (χ1v) is 8.17. The molecule has 2 aromatic rings. The highest BCUT2D eigenvalue weighted by Gasteiger charge is 2.21. The van der Waals surface area contributed by atoms with Gasteiger partial charge >= 0.3 is 0 Å². The first-order chi connectivity index (χ1) is 11.8. The molecular weight excluding hydrogens is 304 g/mol. The molecule has 0 spiro atoms. The van der Waals surface area contributed by atoms with E-state index in [-0.39, 0.29) is 0 Å². The van der Waals surface area contributed by atoms with Gasteiger partial charge in [0.05, 0.1) is 25.6 Å². The molecule has 1 aliphatic heterocycles. The van der Waals surface area contributed by atoms with Gasteiger partial charge in [-0.3, -0.25) is 4.99 Å². The summed E-state index contributed by atoms with van der Waals surface area (Å²) >= 11 is 0. The van der Waals surface area contributed by atoms with Crippen LogP contribution in [0.2, 0.25) is 0 Å². The molecule has 1 saturated heterocycles. The van der Waals surface area contributed by atoms with Gasteiger partial charge in [0.15, 0.2) is 5.96 Å². The maximum absolute atomic E-state index is 5.47. The molecule has 0 atom stereocenters. The summed E-state index contributed by atoms with van der Waals surface area (Å²) in [5, 5.41) is 3.36. The van der Waals surface area contributed by atoms with Gasteiger partial charge in [0, 0.05) is 33.2 Å². The Morgan fingerprint density at radius 3 is 2.62 bits per heavy atom. The summed E-state index contributed by atoms with van der Waals surface area (Å²) in [7, 11) is 3.53. The molecule has 0 saturated carbocycles. The van der Waals surface area contributed by atoms with Crippen LogP contribution in [0, 0.1) is 0 Å². The average Bonchev–Trinajstić information content (AvgIpc) is 3.16. The highest BCUT2D eigenvalue weighted by atomic mass is 16.5. The summed E-state index contributed by atoms with van der Waals surface area (Å²) in [6.07, 6.45) is 1.69. The Kier molecular flexibility index (Phi) is 5.25. The molecule has 0 amide bonds. The molecule has 1 aromatic carbocycles. The van der Waals surface area contributed by atoms with Gasteiger partial charge in [-0.05, 0) is 24.3 Å². The lowest BCUT2D eigenvalue weighted by Gasteiger charge is -2.38. The highest BCUT2D eigenvalue weighted by Crippen LogP contribution is 2.28. The van der Waals surface area contributed by atoms with Crippen LogP contribution in [0.1, 0.15) is 5.76 Å². The molecule has 0 unspecified atom stereocenters. The maximum Gasteiger partial charge on any atom is 0.194 e. The van der Waals surface area contributed by atoms with Crippen molar-refractivity contribution < 1.29 is 9.15 Å². The first kappa shape index (κ1) is 16.2. The number of aliphatic imine (C=N–C) groups is 1. The van der Waals surface area contributed by atoms with Crippen LogP contribution in [0.5, 0.6) is 5.75 Å². The third-order valence-electron chi connectivity index (χ3n) is 4.22. The molecule has 0 bridgehead atoms. The van der Waals surface area contributed by atoms with Gasteiger partial charge in [-0.15, -0.1) is 0 Å². The van der Waals surface area contributed by atoms with Gasteiger partial charge in [-0.1, -0.05) is 12.1 Å². The van der Waals surface area contributed by atoms with E-state index in [4.69, 9.17) is 9.15 Å². The summed E-state index contributed by atoms with van der Waals surface area (Å²) < 4.78 is 10.8. The number of piperazine rings is 1. The Morgan fingerprint density at radius 2 is 1.96 bits per heavy atom. The summed E-state index contributed by atoms with van der Waals surface area (Å²) in [5.41, 5.74) is 1.15. The summed E-state index contributed by atoms with van der Waals surface area (Å²) in [6, 6.07) is 12.0. The van der Waals surface area contributed by atoms with Crippen molar-refractivity contribution in [2.45, 2.75) is 6.54 Å². The van der Waals surface area contributed by atoms with Crippen LogP contribution in [0.25, 0.3) is 0 Å². The topological polar surface area (TPSA) is 53.2 Å². The average molecular weight is 328 g/mol. The van der Waals surface area contributed by atoms with Crippen LogP contribution in [-0.2, 0) is 6.54 Å². The fourth-order valence-electron chi connectivity index (χ4n) is 2.96. The number of furan rings is 1. The molecule has 1 N–H and O–H groups in total. The molecule has 6 nitrogen and oxygen atoms in total. The molecule has 1 fully saturated rings. The molecule has 3 rings (SSSR count). The van der Waals surface area contributed by atoms with Crippen molar-refractivity contribution in [3.63, 3.8) is 0 Å². The predicted molar refractivity (Wildman–Crippen MR) is 95.7 cm³/mol. The zero-order valence-electron chi connectivity index (χ0n) is 14.2. The lowest BCUT2D eigenvalue weighted by Crippen LogP contribution is -2.52. The maximum atomic E-state index is 5.47. The number of hydrogen-bond acceptors (Lipinski definition) is 4. The second-order valence-corrected chi connectivity index (χ2v) is 5.63. The molecule has 1 aliphatic rings. The summed E-state index contributed by atoms with van der Waals surface area (Å²) in [4.78, 5) is 9.02. The van der Waals surface area contributed by atoms with E-state index in [0.717, 1.165) is 49.3 Å². The Morgan fingerprint density at radius 1 is 1.17 bits per heavy atom. The van der Waals surface area contributed by atoms with E-state index >= 15 is 0 Å². The van der Waals surface area contributed by atoms with Crippen LogP contribution in [0.15, 0.2) is 52.1 Å². The van der Waals surface area contributed by atoms with E-state index in [1.165, 1.54) is 0 Å². The lowest BCUT2D eigenvalue weighted by atomic mass is 10.2. The number of nitrogens with one attached hydrogen (secondary N) is 1. The standard InChI is InChI=1S/C18H24N4O2/c1-19-18(20-14-15-6-5-13-24-15)22-11-9-21(10-12-22)16-7-3-4-8-17(16)23-2/h3-8,13H,9-12,14H2,1-2H3,(H,19,20). The van der Waals surface area contributed by atoms with Crippen molar-refractivity contribution >= 4 is 11.6 Å². The van der Waals surface area contributed by atoms with Crippen molar-refractivity contribution in [3.05, 3.63) is 48.4 Å². The number of rotatable bonds is 4. The number of methoxy groups -OCH3 is 1. The monoisotopic (exact) mass is 328 g/mol. The minimum atomic E-state index is 0.645. The number of ether oxygens (including phenoxy) is 1. The molecule has 0 aliphatic carbocycles. The fraction of sp³-hybridized carbons (Fsp3) is 0.389. The molecule has 2 heterocycles. The minimum absolute atomic E-state index is 0.645. The number of guanidine groups is 1. The van der Waals surface area contributed by atoms with Crippen molar-refractivity contribution in [1.82, 2.24) is 10.2 Å². The Hall–Kier alpha value is -2.63. The molecule has 1 aromatic heterocycles. The molecular formula is C18H24N4O2. The Balaban J connectivity index is 1.57. The summed E-state index contributed by atoms with van der Waals surface area (Å²) in [6.45, 7) is 4.34. The zero-order valence-corrected chi connectivity index (χ0v) is 14.2. The molecule has 128 valence electrons. The van der Waals surface area contributed by atoms with Crippen LogP contribution in [0.4, 0.5) is 5.69 Å². The Bertz CT molecular complexity index is 661. The third kappa shape index (κ3) is 3.64. The van der Waals surface area contributed by atoms with E-state index < -0.39 is 0 Å². The van der Waals surface area contributed by atoms with Gasteiger partial charge in [-0.2, -0.15) is 0 Å². The van der Waals surface area contributed by atoms with E-state index in [2.05, 4.69) is 26.2 Å². The molecule has 24 heavy (non-hydrogen) atoms. The fourth-order valence-corrected chi connectivity index (χ4v) is 2.96. The van der Waals surface area contributed by atoms with E-state index in [9.17, 15) is 0 Å². The number of anilines is 1. The number of para-hydroxylation sites is 2. The van der Waals surface area contributed by atoms with Crippen LogP contribution >= 0.6 is 0 Å². The SMILES string of the molecule is CN=C(NCc1ccco1)N1CCN(c2ccccc2OC)CC1. The van der Waals surface area contributed by atoms with Crippen LogP contribution < -0.4 is 15.0 Å². The zero-order chi connectivity index (χ0) is 16.8. The first-order valence-electron chi connectivity index (χ1n) is 8.17. The van der Waals surface area contributed by atoms with Gasteiger partial charge in [0.1, 0.15) is 11.5 Å².